The zero-order valence-corrected chi connectivity index (χ0v) is 11.3. The van der Waals surface area contributed by atoms with E-state index in [0.717, 1.165) is 25.9 Å². The van der Waals surface area contributed by atoms with Gasteiger partial charge >= 0.3 is 0 Å². The highest BCUT2D eigenvalue weighted by Crippen LogP contribution is 2.28. The van der Waals surface area contributed by atoms with Crippen LogP contribution in [-0.2, 0) is 4.74 Å². The highest BCUT2D eigenvalue weighted by Gasteiger charge is 2.41. The minimum Gasteiger partial charge on any atom is -0.386 e. The van der Waals surface area contributed by atoms with Crippen molar-refractivity contribution < 1.29 is 9.84 Å². The Kier molecular flexibility index (Phi) is 3.78. The fraction of sp³-hybridized carbons (Fsp3) is 1.00. The van der Waals surface area contributed by atoms with Gasteiger partial charge in [0.1, 0.15) is 5.60 Å². The number of hydrogen-bond donors (Lipinski definition) is 3. The zero-order valence-electron chi connectivity index (χ0n) is 11.3. The van der Waals surface area contributed by atoms with E-state index in [4.69, 9.17) is 4.74 Å². The maximum absolute atomic E-state index is 10.5. The smallest absolute Gasteiger partial charge is 0.105 e. The van der Waals surface area contributed by atoms with E-state index in [1.54, 1.807) is 0 Å². The lowest BCUT2D eigenvalue weighted by molar-refractivity contribution is -0.0310. The molecule has 4 nitrogen and oxygen atoms in total. The number of hydrogen-bond acceptors (Lipinski definition) is 4. The predicted molar refractivity (Wildman–Crippen MR) is 68.0 cm³/mol. The van der Waals surface area contributed by atoms with Crippen molar-refractivity contribution in [1.82, 2.24) is 10.6 Å². The van der Waals surface area contributed by atoms with Crippen LogP contribution >= 0.6 is 0 Å². The van der Waals surface area contributed by atoms with Gasteiger partial charge < -0.3 is 20.5 Å². The van der Waals surface area contributed by atoms with E-state index in [9.17, 15) is 5.11 Å². The van der Waals surface area contributed by atoms with Gasteiger partial charge in [0, 0.05) is 32.2 Å². The third-order valence-electron chi connectivity index (χ3n) is 4.45. The fourth-order valence-corrected chi connectivity index (χ4v) is 2.85. The minimum atomic E-state index is -0.680. The molecule has 2 aliphatic rings. The quantitative estimate of drug-likeness (QED) is 0.675. The number of piperidine rings is 1. The van der Waals surface area contributed by atoms with Crippen molar-refractivity contribution in [1.29, 1.82) is 0 Å². The van der Waals surface area contributed by atoms with Crippen molar-refractivity contribution in [2.45, 2.75) is 51.4 Å². The second-order valence-electron chi connectivity index (χ2n) is 6.25. The first-order valence-corrected chi connectivity index (χ1v) is 6.72. The molecule has 4 heteroatoms. The molecule has 0 aromatic rings. The van der Waals surface area contributed by atoms with Crippen molar-refractivity contribution in [3.63, 3.8) is 0 Å². The number of aliphatic hydroxyl groups is 1. The lowest BCUT2D eigenvalue weighted by Gasteiger charge is -2.41. The first-order chi connectivity index (χ1) is 7.94. The van der Waals surface area contributed by atoms with E-state index >= 15 is 0 Å². The summed E-state index contributed by atoms with van der Waals surface area (Å²) in [5, 5.41) is 17.4. The van der Waals surface area contributed by atoms with Crippen LogP contribution < -0.4 is 10.6 Å². The summed E-state index contributed by atoms with van der Waals surface area (Å²) in [6.45, 7) is 9.92. The zero-order chi connectivity index (χ0) is 12.5. The summed E-state index contributed by atoms with van der Waals surface area (Å²) in [4.78, 5) is 0. The molecule has 0 aromatic heterocycles. The molecule has 2 fully saturated rings. The molecule has 0 radical (unpaired) electrons. The Labute approximate surface area is 104 Å². The molecule has 0 bridgehead atoms. The van der Waals surface area contributed by atoms with E-state index in [2.05, 4.69) is 24.5 Å². The maximum atomic E-state index is 10.5. The van der Waals surface area contributed by atoms with Crippen LogP contribution in [0.5, 0.6) is 0 Å². The van der Waals surface area contributed by atoms with Crippen molar-refractivity contribution >= 4 is 0 Å². The van der Waals surface area contributed by atoms with Crippen LogP contribution in [-0.4, -0.2) is 49.1 Å². The Hall–Kier alpha value is -0.160. The highest BCUT2D eigenvalue weighted by atomic mass is 16.5. The van der Waals surface area contributed by atoms with Gasteiger partial charge in [0.25, 0.3) is 0 Å². The van der Waals surface area contributed by atoms with Crippen molar-refractivity contribution in [2.24, 2.45) is 5.41 Å². The van der Waals surface area contributed by atoms with Crippen LogP contribution in [0.15, 0.2) is 0 Å². The maximum Gasteiger partial charge on any atom is 0.105 e. The van der Waals surface area contributed by atoms with Crippen molar-refractivity contribution in [3.8, 4) is 0 Å². The average Bonchev–Trinajstić information content (AvgIpc) is 2.58. The molecule has 2 rings (SSSR count). The minimum absolute atomic E-state index is 0.0557. The molecule has 0 amide bonds. The molecule has 0 aliphatic carbocycles. The molecule has 2 heterocycles. The van der Waals surface area contributed by atoms with E-state index < -0.39 is 5.60 Å². The van der Waals surface area contributed by atoms with Gasteiger partial charge in [-0.15, -0.1) is 0 Å². The standard InChI is InChI=1S/C13H26N2O2/c1-10-13(16,5-7-17-10)9-15-11-4-6-14-8-12(11,2)3/h10-11,14-16H,4-9H2,1-3H3. The summed E-state index contributed by atoms with van der Waals surface area (Å²) >= 11 is 0. The Balaban J connectivity index is 1.89. The molecule has 2 aliphatic heterocycles. The predicted octanol–water partition coefficient (Wildman–Crippen LogP) is 0.504. The van der Waals surface area contributed by atoms with Crippen LogP contribution in [0.3, 0.4) is 0 Å². The van der Waals surface area contributed by atoms with Crippen molar-refractivity contribution in [2.75, 3.05) is 26.2 Å². The highest BCUT2D eigenvalue weighted by molar-refractivity contribution is 4.96. The molecule has 100 valence electrons. The largest absolute Gasteiger partial charge is 0.386 e. The Morgan fingerprint density at radius 2 is 2.24 bits per heavy atom. The summed E-state index contributed by atoms with van der Waals surface area (Å²) in [6.07, 6.45) is 1.81. The van der Waals surface area contributed by atoms with Crippen LogP contribution in [0, 0.1) is 5.41 Å². The number of ether oxygens (including phenoxy) is 1. The van der Waals surface area contributed by atoms with Crippen LogP contribution in [0.4, 0.5) is 0 Å². The van der Waals surface area contributed by atoms with E-state index in [1.807, 2.05) is 6.92 Å². The molecule has 3 unspecified atom stereocenters. The molecule has 3 N–H and O–H groups in total. The average molecular weight is 242 g/mol. The first-order valence-electron chi connectivity index (χ1n) is 6.72. The summed E-state index contributed by atoms with van der Waals surface area (Å²) in [5.74, 6) is 0. The molecule has 2 saturated heterocycles. The molecule has 17 heavy (non-hydrogen) atoms. The second-order valence-corrected chi connectivity index (χ2v) is 6.25. The lowest BCUT2D eigenvalue weighted by atomic mass is 9.79. The van der Waals surface area contributed by atoms with Crippen LogP contribution in [0.25, 0.3) is 0 Å². The molecule has 0 spiro atoms. The lowest BCUT2D eigenvalue weighted by Crippen LogP contribution is -2.57. The van der Waals surface area contributed by atoms with Gasteiger partial charge in [0.15, 0.2) is 0 Å². The third kappa shape index (κ3) is 2.81. The topological polar surface area (TPSA) is 53.5 Å². The second kappa shape index (κ2) is 4.84. The van der Waals surface area contributed by atoms with Gasteiger partial charge in [-0.2, -0.15) is 0 Å². The first kappa shape index (κ1) is 13.3. The third-order valence-corrected chi connectivity index (χ3v) is 4.45. The summed E-state index contributed by atoms with van der Waals surface area (Å²) < 4.78 is 5.46. The summed E-state index contributed by atoms with van der Waals surface area (Å²) in [7, 11) is 0. The molecular weight excluding hydrogens is 216 g/mol. The van der Waals surface area contributed by atoms with Gasteiger partial charge in [-0.25, -0.2) is 0 Å². The molecular formula is C13H26N2O2. The van der Waals surface area contributed by atoms with Crippen molar-refractivity contribution in [3.05, 3.63) is 0 Å². The Morgan fingerprint density at radius 1 is 1.47 bits per heavy atom. The van der Waals surface area contributed by atoms with Gasteiger partial charge in [0.05, 0.1) is 6.10 Å². The number of nitrogens with one attached hydrogen (secondary N) is 2. The van der Waals surface area contributed by atoms with Gasteiger partial charge in [0.2, 0.25) is 0 Å². The Morgan fingerprint density at radius 3 is 2.82 bits per heavy atom. The van der Waals surface area contributed by atoms with Gasteiger partial charge in [-0.1, -0.05) is 13.8 Å². The van der Waals surface area contributed by atoms with Gasteiger partial charge in [-0.05, 0) is 25.3 Å². The molecule has 0 aromatic carbocycles. The Bertz CT molecular complexity index is 270. The van der Waals surface area contributed by atoms with E-state index in [1.165, 1.54) is 0 Å². The molecule has 0 saturated carbocycles. The van der Waals surface area contributed by atoms with Gasteiger partial charge in [-0.3, -0.25) is 0 Å². The summed E-state index contributed by atoms with van der Waals surface area (Å²) in [6, 6.07) is 0.473. The monoisotopic (exact) mass is 242 g/mol. The van der Waals surface area contributed by atoms with Crippen LogP contribution in [0.1, 0.15) is 33.6 Å². The van der Waals surface area contributed by atoms with E-state index in [0.29, 0.717) is 19.2 Å². The molecule has 3 atom stereocenters. The van der Waals surface area contributed by atoms with E-state index in [-0.39, 0.29) is 11.5 Å². The fourth-order valence-electron chi connectivity index (χ4n) is 2.85. The van der Waals surface area contributed by atoms with Crippen LogP contribution in [0.2, 0.25) is 0 Å². The normalized spacial score (nSPS) is 41.6. The number of rotatable bonds is 3. The summed E-state index contributed by atoms with van der Waals surface area (Å²) in [5.41, 5.74) is -0.432. The SMILES string of the molecule is CC1OCCC1(O)CNC1CCNCC1(C)C.